The summed E-state index contributed by atoms with van der Waals surface area (Å²) in [5.74, 6) is 1.44. The van der Waals surface area contributed by atoms with Crippen LogP contribution >= 0.6 is 11.6 Å². The smallest absolute Gasteiger partial charge is 0.158 e. The lowest BCUT2D eigenvalue weighted by atomic mass is 10.2. The highest BCUT2D eigenvalue weighted by atomic mass is 35.5. The van der Waals surface area contributed by atoms with Crippen LogP contribution in [-0.4, -0.2) is 21.7 Å². The number of benzene rings is 1. The van der Waals surface area contributed by atoms with E-state index in [2.05, 4.69) is 15.3 Å². The van der Waals surface area contributed by atoms with Crippen LogP contribution in [-0.2, 0) is 17.9 Å². The SMILES string of the molecule is CCOCc1nc(Cl)cc(NCc2ccc(O)cc2)n1. The number of ether oxygens (including phenoxy) is 1. The molecule has 2 aromatic rings. The van der Waals surface area contributed by atoms with Crippen LogP contribution in [0.15, 0.2) is 30.3 Å². The molecule has 0 radical (unpaired) electrons. The second kappa shape index (κ2) is 7.07. The van der Waals surface area contributed by atoms with Crippen LogP contribution in [0.3, 0.4) is 0 Å². The van der Waals surface area contributed by atoms with E-state index in [0.717, 1.165) is 5.56 Å². The Morgan fingerprint density at radius 3 is 2.70 bits per heavy atom. The van der Waals surface area contributed by atoms with Crippen molar-refractivity contribution in [1.29, 1.82) is 0 Å². The highest BCUT2D eigenvalue weighted by molar-refractivity contribution is 6.29. The Morgan fingerprint density at radius 2 is 2.00 bits per heavy atom. The third-order valence-corrected chi connectivity index (χ3v) is 2.78. The van der Waals surface area contributed by atoms with E-state index in [4.69, 9.17) is 16.3 Å². The van der Waals surface area contributed by atoms with E-state index in [-0.39, 0.29) is 5.75 Å². The van der Waals surface area contributed by atoms with Crippen molar-refractivity contribution in [3.8, 4) is 5.75 Å². The molecular weight excluding hydrogens is 278 g/mol. The third-order valence-electron chi connectivity index (χ3n) is 2.59. The molecule has 20 heavy (non-hydrogen) atoms. The predicted molar refractivity (Wildman–Crippen MR) is 77.8 cm³/mol. The van der Waals surface area contributed by atoms with Crippen LogP contribution in [0.2, 0.25) is 5.15 Å². The Balaban J connectivity index is 2.01. The summed E-state index contributed by atoms with van der Waals surface area (Å²) in [5, 5.41) is 12.8. The van der Waals surface area contributed by atoms with Gasteiger partial charge in [0.1, 0.15) is 23.3 Å². The van der Waals surface area contributed by atoms with E-state index in [0.29, 0.717) is 36.6 Å². The monoisotopic (exact) mass is 293 g/mol. The Morgan fingerprint density at radius 1 is 1.25 bits per heavy atom. The molecule has 0 aliphatic heterocycles. The largest absolute Gasteiger partial charge is 0.508 e. The molecule has 0 bridgehead atoms. The van der Waals surface area contributed by atoms with Gasteiger partial charge in [0.2, 0.25) is 0 Å². The van der Waals surface area contributed by atoms with Crippen LogP contribution in [0.25, 0.3) is 0 Å². The van der Waals surface area contributed by atoms with Gasteiger partial charge in [0, 0.05) is 19.2 Å². The van der Waals surface area contributed by atoms with Crippen molar-refractivity contribution >= 4 is 17.4 Å². The van der Waals surface area contributed by atoms with Gasteiger partial charge in [-0.25, -0.2) is 9.97 Å². The van der Waals surface area contributed by atoms with E-state index in [1.54, 1.807) is 18.2 Å². The second-order valence-electron chi connectivity index (χ2n) is 4.15. The van der Waals surface area contributed by atoms with Crippen LogP contribution in [0.4, 0.5) is 5.82 Å². The van der Waals surface area contributed by atoms with Gasteiger partial charge in [-0.05, 0) is 24.6 Å². The van der Waals surface area contributed by atoms with E-state index in [9.17, 15) is 5.11 Å². The van der Waals surface area contributed by atoms with Crippen molar-refractivity contribution < 1.29 is 9.84 Å². The Labute approximate surface area is 122 Å². The van der Waals surface area contributed by atoms with Gasteiger partial charge in [-0.1, -0.05) is 23.7 Å². The van der Waals surface area contributed by atoms with E-state index < -0.39 is 0 Å². The molecule has 6 heteroatoms. The minimum absolute atomic E-state index is 0.248. The number of anilines is 1. The van der Waals surface area contributed by atoms with Gasteiger partial charge in [-0.3, -0.25) is 0 Å². The molecule has 106 valence electrons. The van der Waals surface area contributed by atoms with Gasteiger partial charge in [-0.2, -0.15) is 0 Å². The number of phenols is 1. The molecule has 0 fully saturated rings. The van der Waals surface area contributed by atoms with Crippen molar-refractivity contribution in [3.05, 3.63) is 46.9 Å². The number of phenolic OH excluding ortho intramolecular Hbond substituents is 1. The molecular formula is C14H16ClN3O2. The molecule has 2 N–H and O–H groups in total. The summed E-state index contributed by atoms with van der Waals surface area (Å²) in [5.41, 5.74) is 1.03. The maximum absolute atomic E-state index is 9.22. The van der Waals surface area contributed by atoms with Crippen LogP contribution < -0.4 is 5.32 Å². The maximum Gasteiger partial charge on any atom is 0.158 e. The lowest BCUT2D eigenvalue weighted by molar-refractivity contribution is 0.128. The highest BCUT2D eigenvalue weighted by Crippen LogP contribution is 2.14. The van der Waals surface area contributed by atoms with Crippen LogP contribution in [0.1, 0.15) is 18.3 Å². The van der Waals surface area contributed by atoms with Gasteiger partial charge in [0.15, 0.2) is 5.82 Å². The van der Waals surface area contributed by atoms with Crippen molar-refractivity contribution in [3.63, 3.8) is 0 Å². The molecule has 0 unspecified atom stereocenters. The molecule has 0 aliphatic rings. The topological polar surface area (TPSA) is 67.3 Å². The second-order valence-corrected chi connectivity index (χ2v) is 4.54. The number of aromatic hydroxyl groups is 1. The van der Waals surface area contributed by atoms with E-state index in [1.165, 1.54) is 0 Å². The fraction of sp³-hybridized carbons (Fsp3) is 0.286. The quantitative estimate of drug-likeness (QED) is 0.802. The van der Waals surface area contributed by atoms with Crippen molar-refractivity contribution in [2.45, 2.75) is 20.1 Å². The lowest BCUT2D eigenvalue weighted by Gasteiger charge is -2.08. The number of hydrogen-bond donors (Lipinski definition) is 2. The van der Waals surface area contributed by atoms with E-state index >= 15 is 0 Å². The van der Waals surface area contributed by atoms with Gasteiger partial charge in [-0.15, -0.1) is 0 Å². The molecule has 1 aromatic carbocycles. The summed E-state index contributed by atoms with van der Waals surface area (Å²) < 4.78 is 5.27. The first kappa shape index (κ1) is 14.6. The zero-order valence-electron chi connectivity index (χ0n) is 11.1. The fourth-order valence-electron chi connectivity index (χ4n) is 1.62. The first-order chi connectivity index (χ1) is 9.67. The summed E-state index contributed by atoms with van der Waals surface area (Å²) in [7, 11) is 0. The Hall–Kier alpha value is -1.85. The predicted octanol–water partition coefficient (Wildman–Crippen LogP) is 2.98. The average molecular weight is 294 g/mol. The fourth-order valence-corrected chi connectivity index (χ4v) is 1.82. The van der Waals surface area contributed by atoms with Gasteiger partial charge >= 0.3 is 0 Å². The van der Waals surface area contributed by atoms with Crippen molar-refractivity contribution in [2.24, 2.45) is 0 Å². The summed E-state index contributed by atoms with van der Waals surface area (Å²) in [4.78, 5) is 8.42. The van der Waals surface area contributed by atoms with Crippen LogP contribution in [0, 0.1) is 0 Å². The normalized spacial score (nSPS) is 10.5. The first-order valence-corrected chi connectivity index (χ1v) is 6.68. The lowest BCUT2D eigenvalue weighted by Crippen LogP contribution is -2.05. The molecule has 1 heterocycles. The molecule has 1 aromatic heterocycles. The molecule has 0 saturated carbocycles. The Kier molecular flexibility index (Phi) is 5.15. The average Bonchev–Trinajstić information content (AvgIpc) is 2.44. The molecule has 0 amide bonds. The van der Waals surface area contributed by atoms with Crippen molar-refractivity contribution in [2.75, 3.05) is 11.9 Å². The maximum atomic E-state index is 9.22. The number of rotatable bonds is 6. The zero-order chi connectivity index (χ0) is 14.4. The van der Waals surface area contributed by atoms with Gasteiger partial charge in [0.25, 0.3) is 0 Å². The summed E-state index contributed by atoms with van der Waals surface area (Å²) in [6.07, 6.45) is 0. The standard InChI is InChI=1S/C14H16ClN3O2/c1-2-20-9-14-17-12(15)7-13(18-14)16-8-10-3-5-11(19)6-4-10/h3-7,19H,2,8-9H2,1H3,(H,16,17,18). The zero-order valence-corrected chi connectivity index (χ0v) is 11.9. The number of halogens is 1. The van der Waals surface area contributed by atoms with Crippen LogP contribution in [0.5, 0.6) is 5.75 Å². The van der Waals surface area contributed by atoms with Crippen molar-refractivity contribution in [1.82, 2.24) is 9.97 Å². The molecule has 5 nitrogen and oxygen atoms in total. The molecule has 2 rings (SSSR count). The summed E-state index contributed by atoms with van der Waals surface area (Å²) in [6.45, 7) is 3.44. The minimum atomic E-state index is 0.248. The number of hydrogen-bond acceptors (Lipinski definition) is 5. The molecule has 0 atom stereocenters. The number of aromatic nitrogens is 2. The van der Waals surface area contributed by atoms with Gasteiger partial charge < -0.3 is 15.2 Å². The number of nitrogens with one attached hydrogen (secondary N) is 1. The molecule has 0 aliphatic carbocycles. The van der Waals surface area contributed by atoms with Gasteiger partial charge in [0.05, 0.1) is 0 Å². The summed E-state index contributed by atoms with van der Waals surface area (Å²) in [6, 6.07) is 8.63. The minimum Gasteiger partial charge on any atom is -0.508 e. The molecule has 0 spiro atoms. The number of nitrogens with zero attached hydrogens (tertiary/aromatic N) is 2. The van der Waals surface area contributed by atoms with E-state index in [1.807, 2.05) is 19.1 Å². The molecule has 0 saturated heterocycles. The highest BCUT2D eigenvalue weighted by Gasteiger charge is 2.03. The first-order valence-electron chi connectivity index (χ1n) is 6.30. The Bertz CT molecular complexity index is 561. The third kappa shape index (κ3) is 4.36. The summed E-state index contributed by atoms with van der Waals surface area (Å²) >= 11 is 5.95.